The first-order valence-corrected chi connectivity index (χ1v) is 6.46. The van der Waals surface area contributed by atoms with E-state index in [1.807, 2.05) is 6.92 Å². The normalized spacial score (nSPS) is 12.7. The molecule has 3 nitrogen and oxygen atoms in total. The summed E-state index contributed by atoms with van der Waals surface area (Å²) in [5.74, 6) is 0.359. The lowest BCUT2D eigenvalue weighted by Crippen LogP contribution is -2.11. The number of halogens is 1. The van der Waals surface area contributed by atoms with Crippen LogP contribution in [-0.4, -0.2) is 11.1 Å². The lowest BCUT2D eigenvalue weighted by atomic mass is 10.1. The summed E-state index contributed by atoms with van der Waals surface area (Å²) in [7, 11) is 0. The molecule has 1 unspecified atom stereocenters. The van der Waals surface area contributed by atoms with Crippen LogP contribution in [0.3, 0.4) is 0 Å². The fourth-order valence-electron chi connectivity index (χ4n) is 1.49. The zero-order valence-corrected chi connectivity index (χ0v) is 10.8. The van der Waals surface area contributed by atoms with Crippen molar-refractivity contribution in [3.8, 4) is 6.08 Å². The molecule has 0 aliphatic carbocycles. The van der Waals surface area contributed by atoms with Crippen LogP contribution in [0, 0.1) is 0 Å². The molecule has 1 rings (SSSR count). The summed E-state index contributed by atoms with van der Waals surface area (Å²) in [4.78, 5) is 4.09. The fourth-order valence-corrected chi connectivity index (χ4v) is 1.62. The van der Waals surface area contributed by atoms with E-state index in [0.717, 1.165) is 12.1 Å². The van der Waals surface area contributed by atoms with Gasteiger partial charge in [-0.2, -0.15) is 4.98 Å². The van der Waals surface area contributed by atoms with E-state index in [9.17, 15) is 0 Å². The van der Waals surface area contributed by atoms with Gasteiger partial charge in [0.05, 0.1) is 11.6 Å². The maximum atomic E-state index is 5.62. The Balaban J connectivity index is 2.20. The van der Waals surface area contributed by atoms with Crippen molar-refractivity contribution in [1.29, 1.82) is 0 Å². The number of hydrogen-bond donors (Lipinski definition) is 0. The Kier molecular flexibility index (Phi) is 6.31. The zero-order chi connectivity index (χ0) is 11.8. The van der Waals surface area contributed by atoms with Crippen molar-refractivity contribution < 1.29 is 9.15 Å². The van der Waals surface area contributed by atoms with E-state index in [0.29, 0.717) is 12.0 Å². The number of aromatic nitrogens is 1. The molecule has 0 saturated carbocycles. The molecule has 0 radical (unpaired) electrons. The first kappa shape index (κ1) is 13.4. The van der Waals surface area contributed by atoms with Crippen LogP contribution in [0.2, 0.25) is 0 Å². The second-order valence-corrected chi connectivity index (χ2v) is 4.28. The third kappa shape index (κ3) is 4.88. The molecule has 0 bridgehead atoms. The van der Waals surface area contributed by atoms with Crippen LogP contribution in [-0.2, 0) is 5.88 Å². The molecule has 4 heteroatoms. The van der Waals surface area contributed by atoms with Crippen molar-refractivity contribution in [1.82, 2.24) is 4.98 Å². The average molecular weight is 246 g/mol. The van der Waals surface area contributed by atoms with Crippen molar-refractivity contribution in [2.45, 2.75) is 57.9 Å². The molecule has 0 saturated heterocycles. The number of oxazole rings is 1. The van der Waals surface area contributed by atoms with Gasteiger partial charge in [-0.25, -0.2) is 0 Å². The molecule has 16 heavy (non-hydrogen) atoms. The van der Waals surface area contributed by atoms with Gasteiger partial charge in [-0.3, -0.25) is 0 Å². The molecule has 1 aromatic rings. The quantitative estimate of drug-likeness (QED) is 0.510. The van der Waals surface area contributed by atoms with Crippen molar-refractivity contribution in [2.75, 3.05) is 0 Å². The van der Waals surface area contributed by atoms with E-state index in [1.54, 1.807) is 0 Å². The molecule has 0 aliphatic rings. The van der Waals surface area contributed by atoms with Gasteiger partial charge in [-0.1, -0.05) is 26.2 Å². The first-order valence-electron chi connectivity index (χ1n) is 5.93. The molecule has 92 valence electrons. The minimum atomic E-state index is 0.152. The molecule has 1 aromatic heterocycles. The lowest BCUT2D eigenvalue weighted by Gasteiger charge is -2.10. The van der Waals surface area contributed by atoms with Crippen molar-refractivity contribution in [3.05, 3.63) is 12.0 Å². The third-order valence-corrected chi connectivity index (χ3v) is 2.71. The summed E-state index contributed by atoms with van der Waals surface area (Å²) < 4.78 is 10.7. The van der Waals surface area contributed by atoms with Gasteiger partial charge in [0.2, 0.25) is 0 Å². The third-order valence-electron chi connectivity index (χ3n) is 2.43. The topological polar surface area (TPSA) is 35.3 Å². The number of unbranched alkanes of at least 4 members (excludes halogenated alkanes) is 3. The molecule has 0 aliphatic heterocycles. The van der Waals surface area contributed by atoms with Gasteiger partial charge >= 0.3 is 6.08 Å². The largest absolute Gasteiger partial charge is 0.447 e. The molecular weight excluding hydrogens is 226 g/mol. The molecule has 1 atom stereocenters. The second kappa shape index (κ2) is 7.55. The van der Waals surface area contributed by atoms with E-state index in [4.69, 9.17) is 20.8 Å². The smallest absolute Gasteiger partial charge is 0.393 e. The van der Waals surface area contributed by atoms with E-state index in [1.165, 1.54) is 31.9 Å². The Bertz CT molecular complexity index is 288. The molecule has 1 heterocycles. The van der Waals surface area contributed by atoms with Gasteiger partial charge in [0.15, 0.2) is 0 Å². The predicted octanol–water partition coefficient (Wildman–Crippen LogP) is 4.15. The number of alkyl halides is 1. The van der Waals surface area contributed by atoms with Crippen molar-refractivity contribution in [2.24, 2.45) is 0 Å². The van der Waals surface area contributed by atoms with Gasteiger partial charge in [-0.15, -0.1) is 11.6 Å². The molecule has 0 fully saturated rings. The average Bonchev–Trinajstić information content (AvgIpc) is 2.72. The van der Waals surface area contributed by atoms with Crippen LogP contribution in [0.4, 0.5) is 0 Å². The van der Waals surface area contributed by atoms with Gasteiger partial charge in [0, 0.05) is 0 Å². The van der Waals surface area contributed by atoms with Crippen molar-refractivity contribution >= 4 is 11.6 Å². The van der Waals surface area contributed by atoms with Crippen molar-refractivity contribution in [3.63, 3.8) is 0 Å². The lowest BCUT2D eigenvalue weighted by molar-refractivity contribution is 0.151. The molecular formula is C12H20ClNO2. The first-order chi connectivity index (χ1) is 7.76. The summed E-state index contributed by atoms with van der Waals surface area (Å²) in [6, 6.07) is 0. The van der Waals surface area contributed by atoms with Gasteiger partial charge in [0.1, 0.15) is 12.4 Å². The van der Waals surface area contributed by atoms with E-state index >= 15 is 0 Å². The number of hydrogen-bond acceptors (Lipinski definition) is 3. The zero-order valence-electron chi connectivity index (χ0n) is 10.0. The standard InChI is InChI=1S/C12H20ClNO2/c1-3-4-5-6-7-10(2)16-12-14-11(8-13)9-15-12/h9-10H,3-8H2,1-2H3. The van der Waals surface area contributed by atoms with Crippen LogP contribution < -0.4 is 4.74 Å². The van der Waals surface area contributed by atoms with Crippen LogP contribution in [0.5, 0.6) is 6.08 Å². The highest BCUT2D eigenvalue weighted by Gasteiger charge is 2.09. The van der Waals surface area contributed by atoms with E-state index in [-0.39, 0.29) is 6.10 Å². The Morgan fingerprint density at radius 1 is 1.44 bits per heavy atom. The summed E-state index contributed by atoms with van der Waals surface area (Å²) in [6.45, 7) is 4.25. The van der Waals surface area contributed by atoms with E-state index in [2.05, 4.69) is 11.9 Å². The summed E-state index contributed by atoms with van der Waals surface area (Å²) in [5.41, 5.74) is 0.717. The Labute approximate surface area is 102 Å². The monoisotopic (exact) mass is 245 g/mol. The van der Waals surface area contributed by atoms with E-state index < -0.39 is 0 Å². The Morgan fingerprint density at radius 3 is 2.88 bits per heavy atom. The van der Waals surface area contributed by atoms with Gasteiger partial charge in [-0.05, 0) is 19.8 Å². The Morgan fingerprint density at radius 2 is 2.25 bits per heavy atom. The Hall–Kier alpha value is -0.700. The summed E-state index contributed by atoms with van der Waals surface area (Å²) in [6.07, 6.45) is 8.07. The number of ether oxygens (including phenoxy) is 1. The minimum absolute atomic E-state index is 0.152. The molecule has 0 aromatic carbocycles. The van der Waals surface area contributed by atoms with Crippen LogP contribution >= 0.6 is 11.6 Å². The highest BCUT2D eigenvalue weighted by Crippen LogP contribution is 2.15. The van der Waals surface area contributed by atoms with Gasteiger partial charge < -0.3 is 9.15 Å². The summed E-state index contributed by atoms with van der Waals surface area (Å²) in [5, 5.41) is 0. The maximum absolute atomic E-state index is 5.62. The van der Waals surface area contributed by atoms with Crippen LogP contribution in [0.25, 0.3) is 0 Å². The predicted molar refractivity (Wildman–Crippen MR) is 64.9 cm³/mol. The highest BCUT2D eigenvalue weighted by atomic mass is 35.5. The molecule has 0 amide bonds. The molecule has 0 N–H and O–H groups in total. The SMILES string of the molecule is CCCCCCC(C)Oc1nc(CCl)co1. The maximum Gasteiger partial charge on any atom is 0.393 e. The second-order valence-electron chi connectivity index (χ2n) is 4.02. The van der Waals surface area contributed by atoms with Crippen LogP contribution in [0.1, 0.15) is 51.6 Å². The fraction of sp³-hybridized carbons (Fsp3) is 0.750. The number of rotatable bonds is 8. The molecule has 0 spiro atoms. The van der Waals surface area contributed by atoms with Crippen LogP contribution in [0.15, 0.2) is 10.7 Å². The summed E-state index contributed by atoms with van der Waals surface area (Å²) >= 11 is 5.62. The highest BCUT2D eigenvalue weighted by molar-refractivity contribution is 6.16. The minimum Gasteiger partial charge on any atom is -0.447 e. The van der Waals surface area contributed by atoms with Gasteiger partial charge in [0.25, 0.3) is 0 Å². The number of nitrogens with zero attached hydrogens (tertiary/aromatic N) is 1.